The van der Waals surface area contributed by atoms with Crippen molar-refractivity contribution in [3.8, 4) is 0 Å². The number of hydrogen-bond acceptors (Lipinski definition) is 3. The molecule has 1 saturated carbocycles. The molecule has 204 valence electrons. The lowest BCUT2D eigenvalue weighted by atomic mass is 9.76. The summed E-state index contributed by atoms with van der Waals surface area (Å²) in [7, 11) is 0. The highest BCUT2D eigenvalue weighted by Gasteiger charge is 2.37. The number of piperidine rings is 2. The fourth-order valence-corrected chi connectivity index (χ4v) is 8.35. The summed E-state index contributed by atoms with van der Waals surface area (Å²) in [6, 6.07) is 7.27. The Kier molecular flexibility index (Phi) is 9.34. The van der Waals surface area contributed by atoms with E-state index < -0.39 is 0 Å². The summed E-state index contributed by atoms with van der Waals surface area (Å²) in [5, 5.41) is 0.780. The molecule has 1 unspecified atom stereocenters. The van der Waals surface area contributed by atoms with Crippen molar-refractivity contribution >= 4 is 49.4 Å². The van der Waals surface area contributed by atoms with Crippen molar-refractivity contribution in [2.45, 2.75) is 69.7 Å². The predicted octanol–water partition coefficient (Wildman–Crippen LogP) is 7.80. The van der Waals surface area contributed by atoms with Crippen molar-refractivity contribution in [1.82, 2.24) is 14.8 Å². The van der Waals surface area contributed by atoms with Crippen LogP contribution in [0.4, 0.5) is 0 Å². The molecule has 0 N–H and O–H groups in total. The molecule has 38 heavy (non-hydrogen) atoms. The van der Waals surface area contributed by atoms with Gasteiger partial charge in [0.25, 0.3) is 0 Å². The minimum absolute atomic E-state index is 0.223. The van der Waals surface area contributed by atoms with Crippen molar-refractivity contribution in [1.29, 1.82) is 0 Å². The van der Waals surface area contributed by atoms with E-state index in [0.29, 0.717) is 17.7 Å². The van der Waals surface area contributed by atoms with E-state index >= 15 is 0 Å². The second kappa shape index (κ2) is 12.5. The Morgan fingerprint density at radius 1 is 0.947 bits per heavy atom. The average Bonchev–Trinajstić information content (AvgIpc) is 3.78. The number of benzene rings is 1. The molecule has 0 bridgehead atoms. The lowest BCUT2D eigenvalue weighted by Gasteiger charge is -2.38. The van der Waals surface area contributed by atoms with Crippen LogP contribution < -0.4 is 0 Å². The Hall–Kier alpha value is -1.21. The number of amides is 1. The number of rotatable bonds is 4. The second-order valence-corrected chi connectivity index (χ2v) is 13.5. The van der Waals surface area contributed by atoms with Crippen LogP contribution in [0.1, 0.15) is 73.2 Å². The SMILES string of the molecule is C=C.O=C(CC1CCN(C2CC2)CC1)N1CCC(C2c3ncc(Br)cc3CCc3cc(Cl)cc(Br)c32)CC1. The van der Waals surface area contributed by atoms with E-state index in [4.69, 9.17) is 16.6 Å². The van der Waals surface area contributed by atoms with E-state index in [1.807, 2.05) is 12.3 Å². The van der Waals surface area contributed by atoms with Crippen molar-refractivity contribution in [2.75, 3.05) is 26.2 Å². The first-order valence-corrected chi connectivity index (χ1v) is 16.1. The number of fused-ring (bicyclic) bond motifs is 2. The largest absolute Gasteiger partial charge is 0.343 e. The number of carbonyl (C=O) groups is 1. The Labute approximate surface area is 249 Å². The molecule has 1 aromatic carbocycles. The molecule has 3 heterocycles. The van der Waals surface area contributed by atoms with Gasteiger partial charge < -0.3 is 9.80 Å². The number of aromatic nitrogens is 1. The van der Waals surface area contributed by atoms with Gasteiger partial charge in [0.1, 0.15) is 0 Å². The van der Waals surface area contributed by atoms with Gasteiger partial charge in [0, 0.05) is 51.6 Å². The van der Waals surface area contributed by atoms with E-state index in [9.17, 15) is 4.79 Å². The summed E-state index contributed by atoms with van der Waals surface area (Å²) in [5.41, 5.74) is 5.20. The summed E-state index contributed by atoms with van der Waals surface area (Å²) in [6.07, 6.45) is 11.8. The highest BCUT2D eigenvalue weighted by atomic mass is 79.9. The number of pyridine rings is 1. The minimum atomic E-state index is 0.223. The zero-order chi connectivity index (χ0) is 26.8. The average molecular weight is 664 g/mol. The van der Waals surface area contributed by atoms with E-state index in [1.165, 1.54) is 61.2 Å². The van der Waals surface area contributed by atoms with Gasteiger partial charge in [0.05, 0.1) is 5.69 Å². The van der Waals surface area contributed by atoms with Gasteiger partial charge in [-0.1, -0.05) is 27.5 Å². The molecule has 6 rings (SSSR count). The third-order valence-corrected chi connectivity index (χ3v) is 10.3. The van der Waals surface area contributed by atoms with Gasteiger partial charge in [0.2, 0.25) is 5.91 Å². The monoisotopic (exact) mass is 661 g/mol. The van der Waals surface area contributed by atoms with Crippen LogP contribution in [-0.2, 0) is 17.6 Å². The normalized spacial score (nSPS) is 22.6. The van der Waals surface area contributed by atoms with E-state index in [1.54, 1.807) is 0 Å². The molecule has 0 spiro atoms. The lowest BCUT2D eigenvalue weighted by Crippen LogP contribution is -2.42. The van der Waals surface area contributed by atoms with Crippen molar-refractivity contribution in [3.05, 3.63) is 73.9 Å². The van der Waals surface area contributed by atoms with Crippen LogP contribution >= 0.6 is 43.5 Å². The van der Waals surface area contributed by atoms with Crippen LogP contribution in [0.15, 0.2) is 46.5 Å². The fourth-order valence-electron chi connectivity index (χ4n) is 6.85. The Morgan fingerprint density at radius 2 is 1.63 bits per heavy atom. The van der Waals surface area contributed by atoms with Gasteiger partial charge in [-0.25, -0.2) is 0 Å². The number of carbonyl (C=O) groups excluding carboxylic acids is 1. The molecule has 0 radical (unpaired) electrons. The molecule has 1 amide bonds. The van der Waals surface area contributed by atoms with Gasteiger partial charge in [-0.15, -0.1) is 13.2 Å². The summed E-state index contributed by atoms with van der Waals surface area (Å²) >= 11 is 14.0. The van der Waals surface area contributed by atoms with Gasteiger partial charge in [-0.2, -0.15) is 0 Å². The highest BCUT2D eigenvalue weighted by molar-refractivity contribution is 9.10. The number of halogens is 3. The molecule has 7 heteroatoms. The fraction of sp³-hybridized carbons (Fsp3) is 0.548. The Balaban J connectivity index is 0.00000144. The topological polar surface area (TPSA) is 36.4 Å². The first-order valence-electron chi connectivity index (χ1n) is 14.1. The number of likely N-dealkylation sites (tertiary alicyclic amines) is 2. The third kappa shape index (κ3) is 6.24. The molecule has 2 aliphatic heterocycles. The molecular weight excluding hydrogens is 626 g/mol. The second-order valence-electron chi connectivity index (χ2n) is 11.3. The predicted molar refractivity (Wildman–Crippen MR) is 163 cm³/mol. The summed E-state index contributed by atoms with van der Waals surface area (Å²) < 4.78 is 2.12. The molecule has 2 saturated heterocycles. The minimum Gasteiger partial charge on any atom is -0.343 e. The molecule has 4 nitrogen and oxygen atoms in total. The molecule has 2 aromatic rings. The first-order chi connectivity index (χ1) is 18.5. The number of aryl methyl sites for hydroxylation is 2. The Bertz CT molecular complexity index is 1150. The smallest absolute Gasteiger partial charge is 0.222 e. The van der Waals surface area contributed by atoms with Crippen LogP contribution in [0, 0.1) is 11.8 Å². The van der Waals surface area contributed by atoms with Crippen LogP contribution in [0.25, 0.3) is 0 Å². The maximum atomic E-state index is 13.2. The number of hydrogen-bond donors (Lipinski definition) is 0. The van der Waals surface area contributed by atoms with Gasteiger partial charge in [0.15, 0.2) is 0 Å². The standard InChI is InChI=1S/C29H34Br2ClN3O.C2H4/c30-22-14-21-2-1-20-15-23(32)16-25(31)27(20)28(29(21)33-17-22)19-7-11-35(12-8-19)26(36)13-18-5-9-34(10-6-18)24-3-4-24;1-2/h14-19,24,28H,1-13H2;1-2H2. The zero-order valence-corrected chi connectivity index (χ0v) is 26.0. The molecule has 1 atom stereocenters. The first kappa shape index (κ1) is 28.3. The van der Waals surface area contributed by atoms with Crippen LogP contribution in [0.2, 0.25) is 5.02 Å². The number of nitrogens with zero attached hydrogens (tertiary/aromatic N) is 3. The zero-order valence-electron chi connectivity index (χ0n) is 22.1. The third-order valence-electron chi connectivity index (χ3n) is 8.96. The molecular formula is C31H38Br2ClN3O. The van der Waals surface area contributed by atoms with Crippen LogP contribution in [0.3, 0.4) is 0 Å². The molecule has 1 aromatic heterocycles. The molecule has 3 fully saturated rings. The van der Waals surface area contributed by atoms with Crippen LogP contribution in [-0.4, -0.2) is 52.9 Å². The maximum absolute atomic E-state index is 13.2. The van der Waals surface area contributed by atoms with Crippen molar-refractivity contribution in [3.63, 3.8) is 0 Å². The van der Waals surface area contributed by atoms with Crippen molar-refractivity contribution in [2.24, 2.45) is 11.8 Å². The van der Waals surface area contributed by atoms with E-state index in [0.717, 1.165) is 65.2 Å². The van der Waals surface area contributed by atoms with Gasteiger partial charge in [-0.05, 0) is 127 Å². The quantitative estimate of drug-likeness (QED) is 0.314. The van der Waals surface area contributed by atoms with Crippen LogP contribution in [0.5, 0.6) is 0 Å². The molecule has 4 aliphatic rings. The molecule has 2 aliphatic carbocycles. The highest BCUT2D eigenvalue weighted by Crippen LogP contribution is 2.46. The summed E-state index contributed by atoms with van der Waals surface area (Å²) in [4.78, 5) is 23.0. The lowest BCUT2D eigenvalue weighted by molar-refractivity contribution is -0.134. The van der Waals surface area contributed by atoms with E-state index in [2.05, 4.69) is 67.0 Å². The van der Waals surface area contributed by atoms with Crippen molar-refractivity contribution < 1.29 is 4.79 Å². The summed E-state index contributed by atoms with van der Waals surface area (Å²) in [5.74, 6) is 1.61. The van der Waals surface area contributed by atoms with Gasteiger partial charge in [-0.3, -0.25) is 9.78 Å². The van der Waals surface area contributed by atoms with Gasteiger partial charge >= 0.3 is 0 Å². The maximum Gasteiger partial charge on any atom is 0.222 e. The van der Waals surface area contributed by atoms with E-state index in [-0.39, 0.29) is 5.92 Å². The summed E-state index contributed by atoms with van der Waals surface area (Å²) in [6.45, 7) is 10.1. The Morgan fingerprint density at radius 3 is 2.32 bits per heavy atom.